The van der Waals surface area contributed by atoms with Crippen LogP contribution in [0.3, 0.4) is 0 Å². The summed E-state index contributed by atoms with van der Waals surface area (Å²) in [6, 6.07) is 11.2. The van der Waals surface area contributed by atoms with E-state index in [0.29, 0.717) is 5.69 Å². The first-order chi connectivity index (χ1) is 10.7. The standard InChI is InChI=1S/C17H13N3O2/c21-16(22)11-14-1-2-15(12-3-7-18-8-4-12)17(20-14)13-5-9-19-10-6-13/h1-10H,11H2,(H,21,22). The van der Waals surface area contributed by atoms with E-state index in [1.807, 2.05) is 30.3 Å². The minimum absolute atomic E-state index is 0.102. The lowest BCUT2D eigenvalue weighted by atomic mass is 10.00. The van der Waals surface area contributed by atoms with Crippen molar-refractivity contribution in [3.05, 3.63) is 66.9 Å². The fraction of sp³-hybridized carbons (Fsp3) is 0.0588. The number of pyridine rings is 3. The average molecular weight is 291 g/mol. The van der Waals surface area contributed by atoms with E-state index in [2.05, 4.69) is 15.0 Å². The Morgan fingerprint density at radius 1 is 0.864 bits per heavy atom. The van der Waals surface area contributed by atoms with Gasteiger partial charge in [0.1, 0.15) is 0 Å². The van der Waals surface area contributed by atoms with Crippen molar-refractivity contribution in [2.24, 2.45) is 0 Å². The normalized spacial score (nSPS) is 10.4. The number of carboxylic acids is 1. The second kappa shape index (κ2) is 6.13. The molecule has 108 valence electrons. The number of hydrogen-bond acceptors (Lipinski definition) is 4. The van der Waals surface area contributed by atoms with Crippen LogP contribution in [0.5, 0.6) is 0 Å². The predicted molar refractivity (Wildman–Crippen MR) is 82.0 cm³/mol. The van der Waals surface area contributed by atoms with Crippen molar-refractivity contribution < 1.29 is 9.90 Å². The second-order valence-electron chi connectivity index (χ2n) is 4.74. The molecule has 1 N–H and O–H groups in total. The smallest absolute Gasteiger partial charge is 0.309 e. The third-order valence-corrected chi connectivity index (χ3v) is 3.23. The number of nitrogens with zero attached hydrogens (tertiary/aromatic N) is 3. The third kappa shape index (κ3) is 2.98. The first kappa shape index (κ1) is 13.9. The van der Waals surface area contributed by atoms with Gasteiger partial charge in [-0.1, -0.05) is 6.07 Å². The van der Waals surface area contributed by atoms with E-state index >= 15 is 0 Å². The maximum absolute atomic E-state index is 10.9. The fourth-order valence-corrected chi connectivity index (χ4v) is 2.25. The Labute approximate surface area is 127 Å². The lowest BCUT2D eigenvalue weighted by Crippen LogP contribution is -2.03. The van der Waals surface area contributed by atoms with E-state index < -0.39 is 5.97 Å². The molecule has 3 aromatic heterocycles. The summed E-state index contributed by atoms with van der Waals surface area (Å²) < 4.78 is 0. The summed E-state index contributed by atoms with van der Waals surface area (Å²) in [5, 5.41) is 8.96. The van der Waals surface area contributed by atoms with Gasteiger partial charge in [-0.05, 0) is 35.9 Å². The van der Waals surface area contributed by atoms with E-state index in [0.717, 1.165) is 22.4 Å². The molecule has 3 rings (SSSR count). The topological polar surface area (TPSA) is 76.0 Å². The highest BCUT2D eigenvalue weighted by atomic mass is 16.4. The molecule has 3 aromatic rings. The lowest BCUT2D eigenvalue weighted by Gasteiger charge is -2.10. The van der Waals surface area contributed by atoms with Gasteiger partial charge in [-0.3, -0.25) is 19.7 Å². The maximum atomic E-state index is 10.9. The van der Waals surface area contributed by atoms with Crippen molar-refractivity contribution in [3.63, 3.8) is 0 Å². The van der Waals surface area contributed by atoms with E-state index in [4.69, 9.17) is 5.11 Å². The van der Waals surface area contributed by atoms with E-state index in [1.54, 1.807) is 30.9 Å². The number of aliphatic carboxylic acids is 1. The third-order valence-electron chi connectivity index (χ3n) is 3.23. The van der Waals surface area contributed by atoms with Crippen molar-refractivity contribution in [1.82, 2.24) is 15.0 Å². The maximum Gasteiger partial charge on any atom is 0.309 e. The zero-order valence-electron chi connectivity index (χ0n) is 11.7. The molecule has 0 saturated carbocycles. The molecule has 0 aliphatic carbocycles. The van der Waals surface area contributed by atoms with Crippen molar-refractivity contribution in [3.8, 4) is 22.4 Å². The molecule has 0 saturated heterocycles. The van der Waals surface area contributed by atoms with Crippen LogP contribution in [-0.2, 0) is 11.2 Å². The summed E-state index contributed by atoms with van der Waals surface area (Å²) in [6.45, 7) is 0. The van der Waals surface area contributed by atoms with Gasteiger partial charge in [0.25, 0.3) is 0 Å². The van der Waals surface area contributed by atoms with Crippen LogP contribution in [0.25, 0.3) is 22.4 Å². The van der Waals surface area contributed by atoms with Crippen LogP contribution in [0.15, 0.2) is 61.2 Å². The van der Waals surface area contributed by atoms with Gasteiger partial charge >= 0.3 is 5.97 Å². The zero-order valence-corrected chi connectivity index (χ0v) is 11.7. The Bertz CT molecular complexity index is 790. The quantitative estimate of drug-likeness (QED) is 0.800. The van der Waals surface area contributed by atoms with Gasteiger partial charge in [0, 0.05) is 35.9 Å². The van der Waals surface area contributed by atoms with Crippen LogP contribution in [-0.4, -0.2) is 26.0 Å². The van der Waals surface area contributed by atoms with Gasteiger partial charge in [0.05, 0.1) is 17.8 Å². The summed E-state index contributed by atoms with van der Waals surface area (Å²) in [4.78, 5) is 23.5. The number of carboxylic acid groups (broad SMARTS) is 1. The van der Waals surface area contributed by atoms with Crippen molar-refractivity contribution in [2.75, 3.05) is 0 Å². The Morgan fingerprint density at radius 2 is 1.45 bits per heavy atom. The molecule has 5 nitrogen and oxygen atoms in total. The molecule has 5 heteroatoms. The highest BCUT2D eigenvalue weighted by Crippen LogP contribution is 2.30. The molecule has 0 aromatic carbocycles. The summed E-state index contributed by atoms with van der Waals surface area (Å²) in [7, 11) is 0. The Kier molecular flexibility index (Phi) is 3.87. The van der Waals surface area contributed by atoms with Crippen LogP contribution in [0.4, 0.5) is 0 Å². The average Bonchev–Trinajstić information content (AvgIpc) is 2.56. The highest BCUT2D eigenvalue weighted by Gasteiger charge is 2.12. The van der Waals surface area contributed by atoms with Gasteiger partial charge < -0.3 is 5.11 Å². The summed E-state index contributed by atoms with van der Waals surface area (Å²) in [6.07, 6.45) is 6.72. The second-order valence-corrected chi connectivity index (χ2v) is 4.74. The summed E-state index contributed by atoms with van der Waals surface area (Å²) >= 11 is 0. The zero-order chi connectivity index (χ0) is 15.4. The van der Waals surface area contributed by atoms with Crippen molar-refractivity contribution in [1.29, 1.82) is 0 Å². The van der Waals surface area contributed by atoms with Gasteiger partial charge in [-0.2, -0.15) is 0 Å². The van der Waals surface area contributed by atoms with Gasteiger partial charge in [-0.25, -0.2) is 0 Å². The number of hydrogen-bond donors (Lipinski definition) is 1. The summed E-state index contributed by atoms with van der Waals surface area (Å²) in [5.41, 5.74) is 4.08. The Morgan fingerprint density at radius 3 is 2.05 bits per heavy atom. The molecule has 0 amide bonds. The molecule has 0 radical (unpaired) electrons. The monoisotopic (exact) mass is 291 g/mol. The molecule has 0 bridgehead atoms. The minimum atomic E-state index is -0.898. The van der Waals surface area contributed by atoms with Crippen molar-refractivity contribution >= 4 is 5.97 Å². The summed E-state index contributed by atoms with van der Waals surface area (Å²) in [5.74, 6) is -0.898. The molecule has 0 unspecified atom stereocenters. The molecular formula is C17H13N3O2. The van der Waals surface area contributed by atoms with E-state index in [-0.39, 0.29) is 6.42 Å². The fourth-order valence-electron chi connectivity index (χ4n) is 2.25. The molecule has 22 heavy (non-hydrogen) atoms. The van der Waals surface area contributed by atoms with E-state index in [1.165, 1.54) is 0 Å². The number of carbonyl (C=O) groups is 1. The molecule has 0 aliphatic heterocycles. The number of rotatable bonds is 4. The lowest BCUT2D eigenvalue weighted by molar-refractivity contribution is -0.136. The minimum Gasteiger partial charge on any atom is -0.481 e. The predicted octanol–water partition coefficient (Wildman–Crippen LogP) is 2.83. The van der Waals surface area contributed by atoms with Crippen LogP contribution in [0, 0.1) is 0 Å². The molecular weight excluding hydrogens is 278 g/mol. The van der Waals surface area contributed by atoms with Crippen LogP contribution < -0.4 is 0 Å². The van der Waals surface area contributed by atoms with E-state index in [9.17, 15) is 4.79 Å². The highest BCUT2D eigenvalue weighted by molar-refractivity contribution is 5.81. The van der Waals surface area contributed by atoms with Crippen LogP contribution in [0.2, 0.25) is 0 Å². The van der Waals surface area contributed by atoms with Crippen LogP contribution >= 0.6 is 0 Å². The molecule has 0 spiro atoms. The largest absolute Gasteiger partial charge is 0.481 e. The molecule has 3 heterocycles. The first-order valence-electron chi connectivity index (χ1n) is 6.76. The molecule has 0 atom stereocenters. The van der Waals surface area contributed by atoms with Gasteiger partial charge in [0.15, 0.2) is 0 Å². The molecule has 0 fully saturated rings. The van der Waals surface area contributed by atoms with Crippen LogP contribution in [0.1, 0.15) is 5.69 Å². The SMILES string of the molecule is O=C(O)Cc1ccc(-c2ccncc2)c(-c2ccncc2)n1. The Hall–Kier alpha value is -3.08. The van der Waals surface area contributed by atoms with Crippen molar-refractivity contribution in [2.45, 2.75) is 6.42 Å². The van der Waals surface area contributed by atoms with Gasteiger partial charge in [-0.15, -0.1) is 0 Å². The Balaban J connectivity index is 2.15. The number of aromatic nitrogens is 3. The first-order valence-corrected chi connectivity index (χ1v) is 6.76. The molecule has 0 aliphatic rings. The van der Waals surface area contributed by atoms with Gasteiger partial charge in [0.2, 0.25) is 0 Å².